The maximum atomic E-state index is 12.6. The Morgan fingerprint density at radius 1 is 1.11 bits per heavy atom. The quantitative estimate of drug-likeness (QED) is 0.712. The number of nitrogens with one attached hydrogen (secondary N) is 2. The minimum atomic E-state index is -0.577. The van der Waals surface area contributed by atoms with E-state index in [0.29, 0.717) is 28.1 Å². The molecule has 0 bridgehead atoms. The van der Waals surface area contributed by atoms with Crippen LogP contribution in [0.2, 0.25) is 0 Å². The molecule has 1 atom stereocenters. The molecule has 1 aliphatic heterocycles. The summed E-state index contributed by atoms with van der Waals surface area (Å²) in [5, 5.41) is 5.84. The standard InChI is InChI=1S/C21H18N2O5/c1-10-4-6-14-16(24)9-18(28-19(14)11(10)2)21(26)22-13-5-7-17-15(8-13)23-20(25)12(3)27-17/h4-9,12H,1-3H3,(H,22,26)(H,23,25). The van der Waals surface area contributed by atoms with Gasteiger partial charge in [0.05, 0.1) is 11.1 Å². The van der Waals surface area contributed by atoms with Crippen LogP contribution in [0.5, 0.6) is 5.75 Å². The maximum absolute atomic E-state index is 12.6. The topological polar surface area (TPSA) is 97.6 Å². The molecule has 2 heterocycles. The van der Waals surface area contributed by atoms with E-state index in [2.05, 4.69) is 10.6 Å². The average molecular weight is 378 g/mol. The number of benzene rings is 2. The molecule has 0 spiro atoms. The van der Waals surface area contributed by atoms with Crippen LogP contribution in [0.4, 0.5) is 11.4 Å². The van der Waals surface area contributed by atoms with Gasteiger partial charge in [-0.2, -0.15) is 0 Å². The predicted molar refractivity (Wildman–Crippen MR) is 105 cm³/mol. The van der Waals surface area contributed by atoms with Crippen molar-refractivity contribution < 1.29 is 18.7 Å². The summed E-state index contributed by atoms with van der Waals surface area (Å²) >= 11 is 0. The lowest BCUT2D eigenvalue weighted by Crippen LogP contribution is -2.34. The van der Waals surface area contributed by atoms with E-state index in [1.807, 2.05) is 19.9 Å². The second-order valence-electron chi connectivity index (χ2n) is 6.77. The Morgan fingerprint density at radius 3 is 2.68 bits per heavy atom. The lowest BCUT2D eigenvalue weighted by molar-refractivity contribution is -0.122. The molecule has 7 nitrogen and oxygen atoms in total. The fourth-order valence-corrected chi connectivity index (χ4v) is 3.04. The fourth-order valence-electron chi connectivity index (χ4n) is 3.04. The van der Waals surface area contributed by atoms with Gasteiger partial charge in [-0.3, -0.25) is 14.4 Å². The number of hydrogen-bond acceptors (Lipinski definition) is 5. The molecule has 1 aromatic heterocycles. The molecular formula is C21H18N2O5. The van der Waals surface area contributed by atoms with Gasteiger partial charge in [0.2, 0.25) is 0 Å². The summed E-state index contributed by atoms with van der Waals surface area (Å²) in [6, 6.07) is 9.61. The molecule has 3 aromatic rings. The van der Waals surface area contributed by atoms with Crippen molar-refractivity contribution in [2.75, 3.05) is 10.6 Å². The highest BCUT2D eigenvalue weighted by Crippen LogP contribution is 2.32. The van der Waals surface area contributed by atoms with Crippen LogP contribution in [0.25, 0.3) is 11.0 Å². The number of aryl methyl sites for hydroxylation is 2. The van der Waals surface area contributed by atoms with Gasteiger partial charge in [0, 0.05) is 11.8 Å². The van der Waals surface area contributed by atoms with E-state index in [4.69, 9.17) is 9.15 Å². The van der Waals surface area contributed by atoms with E-state index in [-0.39, 0.29) is 17.1 Å². The maximum Gasteiger partial charge on any atom is 0.291 e. The first kappa shape index (κ1) is 17.8. The van der Waals surface area contributed by atoms with Crippen molar-refractivity contribution >= 4 is 34.2 Å². The molecular weight excluding hydrogens is 360 g/mol. The first-order valence-corrected chi connectivity index (χ1v) is 8.80. The number of anilines is 2. The van der Waals surface area contributed by atoms with Gasteiger partial charge in [-0.15, -0.1) is 0 Å². The number of carbonyl (C=O) groups is 2. The molecule has 0 radical (unpaired) electrons. The minimum Gasteiger partial charge on any atom is -0.479 e. The zero-order valence-electron chi connectivity index (χ0n) is 15.6. The van der Waals surface area contributed by atoms with Crippen LogP contribution < -0.4 is 20.8 Å². The van der Waals surface area contributed by atoms with Gasteiger partial charge in [0.1, 0.15) is 11.3 Å². The third kappa shape index (κ3) is 3.00. The third-order valence-corrected chi connectivity index (χ3v) is 4.81. The van der Waals surface area contributed by atoms with Crippen LogP contribution in [0, 0.1) is 13.8 Å². The molecule has 1 unspecified atom stereocenters. The van der Waals surface area contributed by atoms with Crippen molar-refractivity contribution in [1.29, 1.82) is 0 Å². The van der Waals surface area contributed by atoms with E-state index in [0.717, 1.165) is 11.1 Å². The smallest absolute Gasteiger partial charge is 0.291 e. The number of carbonyl (C=O) groups excluding carboxylic acids is 2. The number of fused-ring (bicyclic) bond motifs is 2. The minimum absolute atomic E-state index is 0.0853. The lowest BCUT2D eigenvalue weighted by atomic mass is 10.1. The van der Waals surface area contributed by atoms with Crippen molar-refractivity contribution in [3.05, 3.63) is 63.5 Å². The van der Waals surface area contributed by atoms with E-state index in [9.17, 15) is 14.4 Å². The Morgan fingerprint density at radius 2 is 1.89 bits per heavy atom. The predicted octanol–water partition coefficient (Wildman–Crippen LogP) is 3.38. The Hall–Kier alpha value is -3.61. The summed E-state index contributed by atoms with van der Waals surface area (Å²) in [5.41, 5.74) is 2.80. The normalized spacial score (nSPS) is 15.5. The second kappa shape index (κ2) is 6.53. The molecule has 2 N–H and O–H groups in total. The second-order valence-corrected chi connectivity index (χ2v) is 6.77. The van der Waals surface area contributed by atoms with Crippen molar-refractivity contribution in [2.24, 2.45) is 0 Å². The monoisotopic (exact) mass is 378 g/mol. The number of rotatable bonds is 2. The van der Waals surface area contributed by atoms with Gasteiger partial charge >= 0.3 is 0 Å². The van der Waals surface area contributed by atoms with E-state index >= 15 is 0 Å². The van der Waals surface area contributed by atoms with Crippen LogP contribution >= 0.6 is 0 Å². The Kier molecular flexibility index (Phi) is 4.15. The highest BCUT2D eigenvalue weighted by molar-refractivity contribution is 6.04. The van der Waals surface area contributed by atoms with Gasteiger partial charge in [0.25, 0.3) is 11.8 Å². The Balaban J connectivity index is 1.66. The highest BCUT2D eigenvalue weighted by Gasteiger charge is 2.24. The van der Waals surface area contributed by atoms with Gasteiger partial charge in [-0.05, 0) is 56.2 Å². The van der Waals surface area contributed by atoms with Gasteiger partial charge in [-0.25, -0.2) is 0 Å². The summed E-state index contributed by atoms with van der Waals surface area (Å²) in [7, 11) is 0. The average Bonchev–Trinajstić information content (AvgIpc) is 2.66. The number of amides is 2. The SMILES string of the molecule is Cc1ccc2c(=O)cc(C(=O)Nc3ccc4c(c3)NC(=O)C(C)O4)oc2c1C. The Bertz CT molecular complexity index is 1200. The fraction of sp³-hybridized carbons (Fsp3) is 0.190. The molecule has 28 heavy (non-hydrogen) atoms. The van der Waals surface area contributed by atoms with Crippen molar-refractivity contribution in [2.45, 2.75) is 26.9 Å². The molecule has 2 amide bonds. The van der Waals surface area contributed by atoms with Crippen LogP contribution in [-0.4, -0.2) is 17.9 Å². The molecule has 7 heteroatoms. The summed E-state index contributed by atoms with van der Waals surface area (Å²) in [5.74, 6) is -0.384. The molecule has 2 aromatic carbocycles. The summed E-state index contributed by atoms with van der Waals surface area (Å²) < 4.78 is 11.2. The molecule has 0 saturated carbocycles. The summed E-state index contributed by atoms with van der Waals surface area (Å²) in [6.45, 7) is 5.40. The number of hydrogen-bond donors (Lipinski definition) is 2. The first-order valence-electron chi connectivity index (χ1n) is 8.80. The van der Waals surface area contributed by atoms with Gasteiger partial charge < -0.3 is 19.8 Å². The molecule has 4 rings (SSSR count). The summed E-state index contributed by atoms with van der Waals surface area (Å²) in [4.78, 5) is 36.8. The van der Waals surface area contributed by atoms with Crippen LogP contribution in [0.3, 0.4) is 0 Å². The van der Waals surface area contributed by atoms with Crippen molar-refractivity contribution in [1.82, 2.24) is 0 Å². The molecule has 1 aliphatic rings. The highest BCUT2D eigenvalue weighted by atomic mass is 16.5. The van der Waals surface area contributed by atoms with Crippen molar-refractivity contribution in [3.63, 3.8) is 0 Å². The lowest BCUT2D eigenvalue weighted by Gasteiger charge is -2.23. The Labute approximate surface area is 160 Å². The zero-order chi connectivity index (χ0) is 20.0. The van der Waals surface area contributed by atoms with Crippen molar-refractivity contribution in [3.8, 4) is 5.75 Å². The van der Waals surface area contributed by atoms with E-state index in [1.54, 1.807) is 31.2 Å². The first-order chi connectivity index (χ1) is 13.3. The molecule has 0 fully saturated rings. The van der Waals surface area contributed by atoms with Crippen LogP contribution in [0.15, 0.2) is 45.6 Å². The molecule has 0 saturated heterocycles. The number of ether oxygens (including phenoxy) is 1. The summed E-state index contributed by atoms with van der Waals surface area (Å²) in [6.07, 6.45) is -0.577. The molecule has 0 aliphatic carbocycles. The van der Waals surface area contributed by atoms with E-state index in [1.165, 1.54) is 6.07 Å². The van der Waals surface area contributed by atoms with E-state index < -0.39 is 12.0 Å². The largest absolute Gasteiger partial charge is 0.479 e. The van der Waals surface area contributed by atoms with Gasteiger partial charge in [0.15, 0.2) is 17.3 Å². The zero-order valence-corrected chi connectivity index (χ0v) is 15.6. The van der Waals surface area contributed by atoms with Crippen LogP contribution in [0.1, 0.15) is 28.6 Å². The van der Waals surface area contributed by atoms with Gasteiger partial charge in [-0.1, -0.05) is 6.07 Å². The van der Waals surface area contributed by atoms with Crippen LogP contribution in [-0.2, 0) is 4.79 Å². The third-order valence-electron chi connectivity index (χ3n) is 4.81. The molecule has 142 valence electrons.